The van der Waals surface area contributed by atoms with Gasteiger partial charge in [0.05, 0.1) is 6.04 Å². The van der Waals surface area contributed by atoms with Gasteiger partial charge in [0.2, 0.25) is 0 Å². The van der Waals surface area contributed by atoms with E-state index in [0.29, 0.717) is 11.8 Å². The van der Waals surface area contributed by atoms with Gasteiger partial charge in [0.15, 0.2) is 0 Å². The SMILES string of the molecule is C[C@H](CNC(=O)N[C@@H](C)c1ccncc1)Sc1ccccc1. The Morgan fingerprint density at radius 3 is 2.50 bits per heavy atom. The number of nitrogens with one attached hydrogen (secondary N) is 2. The minimum Gasteiger partial charge on any atom is -0.337 e. The summed E-state index contributed by atoms with van der Waals surface area (Å²) >= 11 is 1.75. The highest BCUT2D eigenvalue weighted by molar-refractivity contribution is 8.00. The van der Waals surface area contributed by atoms with Crippen LogP contribution in [0.5, 0.6) is 0 Å². The van der Waals surface area contributed by atoms with E-state index in [1.807, 2.05) is 37.3 Å². The van der Waals surface area contributed by atoms with E-state index < -0.39 is 0 Å². The Bertz CT molecular complexity index is 577. The van der Waals surface area contributed by atoms with Crippen LogP contribution < -0.4 is 10.6 Å². The first-order valence-electron chi connectivity index (χ1n) is 7.31. The van der Waals surface area contributed by atoms with Gasteiger partial charge in [0.1, 0.15) is 0 Å². The van der Waals surface area contributed by atoms with Crippen LogP contribution in [0.4, 0.5) is 4.79 Å². The van der Waals surface area contributed by atoms with E-state index >= 15 is 0 Å². The Morgan fingerprint density at radius 1 is 1.14 bits per heavy atom. The molecule has 0 spiro atoms. The monoisotopic (exact) mass is 315 g/mol. The number of hydrogen-bond donors (Lipinski definition) is 2. The van der Waals surface area contributed by atoms with E-state index in [4.69, 9.17) is 0 Å². The molecule has 22 heavy (non-hydrogen) atoms. The van der Waals surface area contributed by atoms with Gasteiger partial charge in [0.25, 0.3) is 0 Å². The highest BCUT2D eigenvalue weighted by Gasteiger charge is 2.10. The minimum atomic E-state index is -0.148. The van der Waals surface area contributed by atoms with Crippen LogP contribution in [0.2, 0.25) is 0 Å². The van der Waals surface area contributed by atoms with E-state index in [0.717, 1.165) is 5.56 Å². The predicted molar refractivity (Wildman–Crippen MR) is 90.9 cm³/mol. The second kappa shape index (κ2) is 8.44. The molecule has 0 saturated heterocycles. The zero-order valence-corrected chi connectivity index (χ0v) is 13.6. The summed E-state index contributed by atoms with van der Waals surface area (Å²) in [6.45, 7) is 4.68. The lowest BCUT2D eigenvalue weighted by Crippen LogP contribution is -2.39. The summed E-state index contributed by atoms with van der Waals surface area (Å²) in [5, 5.41) is 6.15. The molecule has 0 unspecified atom stereocenters. The number of carbonyl (C=O) groups is 1. The number of urea groups is 1. The molecular weight excluding hydrogens is 294 g/mol. The number of carbonyl (C=O) groups excluding carboxylic acids is 1. The third kappa shape index (κ3) is 5.41. The van der Waals surface area contributed by atoms with Gasteiger partial charge in [-0.3, -0.25) is 4.98 Å². The van der Waals surface area contributed by atoms with Crippen molar-refractivity contribution < 1.29 is 4.79 Å². The summed E-state index contributed by atoms with van der Waals surface area (Å²) in [5.74, 6) is 0. The minimum absolute atomic E-state index is 0.0416. The number of pyridine rings is 1. The van der Waals surface area contributed by atoms with Crippen molar-refractivity contribution in [3.8, 4) is 0 Å². The van der Waals surface area contributed by atoms with Crippen molar-refractivity contribution in [2.75, 3.05) is 6.54 Å². The lowest BCUT2D eigenvalue weighted by Gasteiger charge is -2.17. The molecule has 2 rings (SSSR count). The molecule has 4 nitrogen and oxygen atoms in total. The maximum atomic E-state index is 11.9. The fraction of sp³-hybridized carbons (Fsp3) is 0.294. The quantitative estimate of drug-likeness (QED) is 0.801. The second-order valence-electron chi connectivity index (χ2n) is 5.10. The van der Waals surface area contributed by atoms with Gasteiger partial charge in [-0.15, -0.1) is 11.8 Å². The highest BCUT2D eigenvalue weighted by Crippen LogP contribution is 2.21. The molecule has 2 N–H and O–H groups in total. The van der Waals surface area contributed by atoms with Crippen LogP contribution in [0.3, 0.4) is 0 Å². The molecule has 0 radical (unpaired) electrons. The topological polar surface area (TPSA) is 54.0 Å². The summed E-state index contributed by atoms with van der Waals surface area (Å²) in [6.07, 6.45) is 3.45. The first-order chi connectivity index (χ1) is 10.6. The van der Waals surface area contributed by atoms with E-state index in [-0.39, 0.29) is 12.1 Å². The first kappa shape index (κ1) is 16.4. The van der Waals surface area contributed by atoms with Gasteiger partial charge < -0.3 is 10.6 Å². The molecule has 0 fully saturated rings. The molecule has 0 aliphatic rings. The number of benzene rings is 1. The molecule has 116 valence electrons. The van der Waals surface area contributed by atoms with Gasteiger partial charge in [-0.2, -0.15) is 0 Å². The number of amides is 2. The fourth-order valence-corrected chi connectivity index (χ4v) is 2.94. The maximum absolute atomic E-state index is 11.9. The van der Waals surface area contributed by atoms with Gasteiger partial charge >= 0.3 is 6.03 Å². The average molecular weight is 315 g/mol. The lowest BCUT2D eigenvalue weighted by molar-refractivity contribution is 0.238. The number of aromatic nitrogens is 1. The van der Waals surface area contributed by atoms with E-state index in [2.05, 4.69) is 34.7 Å². The first-order valence-corrected chi connectivity index (χ1v) is 8.19. The predicted octanol–water partition coefficient (Wildman–Crippen LogP) is 3.62. The third-order valence-electron chi connectivity index (χ3n) is 3.18. The van der Waals surface area contributed by atoms with Crippen molar-refractivity contribution in [2.45, 2.75) is 30.0 Å². The van der Waals surface area contributed by atoms with E-state index in [1.165, 1.54) is 4.90 Å². The summed E-state index contributed by atoms with van der Waals surface area (Å²) in [6, 6.07) is 13.8. The van der Waals surface area contributed by atoms with Gasteiger partial charge in [0, 0.05) is 29.1 Å². The van der Waals surface area contributed by atoms with Gasteiger partial charge in [-0.05, 0) is 36.8 Å². The molecule has 0 bridgehead atoms. The Hall–Kier alpha value is -2.01. The number of rotatable bonds is 6. The van der Waals surface area contributed by atoms with Crippen LogP contribution in [-0.2, 0) is 0 Å². The van der Waals surface area contributed by atoms with Gasteiger partial charge in [-0.25, -0.2) is 4.79 Å². The Labute approximate surface area is 135 Å². The van der Waals surface area contributed by atoms with Crippen LogP contribution in [0.25, 0.3) is 0 Å². The number of hydrogen-bond acceptors (Lipinski definition) is 3. The molecule has 5 heteroatoms. The molecular formula is C17H21N3OS. The highest BCUT2D eigenvalue weighted by atomic mass is 32.2. The van der Waals surface area contributed by atoms with E-state index in [9.17, 15) is 4.79 Å². The normalized spacial score (nSPS) is 13.2. The van der Waals surface area contributed by atoms with Crippen LogP contribution >= 0.6 is 11.8 Å². The lowest BCUT2D eigenvalue weighted by atomic mass is 10.1. The zero-order valence-electron chi connectivity index (χ0n) is 12.8. The smallest absolute Gasteiger partial charge is 0.315 e. The van der Waals surface area contributed by atoms with Crippen LogP contribution in [0, 0.1) is 0 Å². The summed E-state index contributed by atoms with van der Waals surface area (Å²) in [5.41, 5.74) is 1.04. The largest absolute Gasteiger partial charge is 0.337 e. The average Bonchev–Trinajstić information content (AvgIpc) is 2.55. The Balaban J connectivity index is 1.73. The standard InChI is InChI=1S/C17H21N3OS/c1-13(22-16-6-4-3-5-7-16)12-19-17(21)20-14(2)15-8-10-18-11-9-15/h3-11,13-14H,12H2,1-2H3,(H2,19,20,21)/t13-,14+/m1/s1. The fourth-order valence-electron chi connectivity index (χ4n) is 1.99. The third-order valence-corrected chi connectivity index (χ3v) is 4.30. The molecule has 2 amide bonds. The molecule has 2 aromatic rings. The van der Waals surface area contributed by atoms with Crippen molar-refractivity contribution in [1.29, 1.82) is 0 Å². The van der Waals surface area contributed by atoms with Crippen LogP contribution in [0.15, 0.2) is 59.8 Å². The van der Waals surface area contributed by atoms with Gasteiger partial charge in [-0.1, -0.05) is 25.1 Å². The second-order valence-corrected chi connectivity index (χ2v) is 6.61. The van der Waals surface area contributed by atoms with Crippen molar-refractivity contribution >= 4 is 17.8 Å². The molecule has 0 saturated carbocycles. The molecule has 2 atom stereocenters. The summed E-state index contributed by atoms with van der Waals surface area (Å²) in [4.78, 5) is 17.1. The van der Waals surface area contributed by atoms with Crippen molar-refractivity contribution in [2.24, 2.45) is 0 Å². The van der Waals surface area contributed by atoms with Crippen LogP contribution in [-0.4, -0.2) is 22.8 Å². The molecule has 1 heterocycles. The van der Waals surface area contributed by atoms with E-state index in [1.54, 1.807) is 24.2 Å². The Morgan fingerprint density at radius 2 is 1.82 bits per heavy atom. The Kier molecular flexibility index (Phi) is 6.27. The molecule has 1 aromatic carbocycles. The zero-order chi connectivity index (χ0) is 15.8. The molecule has 0 aliphatic heterocycles. The summed E-state index contributed by atoms with van der Waals surface area (Å²) in [7, 11) is 0. The summed E-state index contributed by atoms with van der Waals surface area (Å²) < 4.78 is 0. The van der Waals surface area contributed by atoms with Crippen molar-refractivity contribution in [1.82, 2.24) is 15.6 Å². The van der Waals surface area contributed by atoms with Crippen molar-refractivity contribution in [3.05, 3.63) is 60.4 Å². The molecule has 1 aromatic heterocycles. The number of nitrogens with zero attached hydrogens (tertiary/aromatic N) is 1. The van der Waals surface area contributed by atoms with Crippen LogP contribution in [0.1, 0.15) is 25.5 Å². The van der Waals surface area contributed by atoms with Crippen molar-refractivity contribution in [3.63, 3.8) is 0 Å². The maximum Gasteiger partial charge on any atom is 0.315 e. The number of thioether (sulfide) groups is 1. The molecule has 0 aliphatic carbocycles.